The van der Waals surface area contributed by atoms with Crippen LogP contribution in [0.3, 0.4) is 0 Å². The van der Waals surface area contributed by atoms with E-state index in [1.165, 1.54) is 10.4 Å². The highest BCUT2D eigenvalue weighted by molar-refractivity contribution is 7.89. The molecule has 10 heteroatoms. The van der Waals surface area contributed by atoms with Gasteiger partial charge in [0.05, 0.1) is 25.9 Å². The van der Waals surface area contributed by atoms with E-state index in [1.54, 1.807) is 19.1 Å². The van der Waals surface area contributed by atoms with E-state index in [4.69, 9.17) is 15.2 Å². The molecule has 1 aliphatic rings. The molecular weight excluding hydrogens is 406 g/mol. The molecule has 1 aliphatic heterocycles. The number of benzene rings is 1. The number of nitrogens with two attached hydrogens (primary N) is 1. The van der Waals surface area contributed by atoms with Crippen LogP contribution in [-0.2, 0) is 19.6 Å². The van der Waals surface area contributed by atoms with E-state index in [0.717, 1.165) is 0 Å². The Balaban J connectivity index is 0.00000392. The van der Waals surface area contributed by atoms with Crippen molar-refractivity contribution < 1.29 is 22.7 Å². The van der Waals surface area contributed by atoms with Crippen LogP contribution >= 0.6 is 12.4 Å². The first-order valence-corrected chi connectivity index (χ1v) is 10.6. The molecular formula is C18H30ClN3O5S. The molecule has 1 aromatic rings. The number of morpholine rings is 1. The molecule has 0 saturated carbocycles. The van der Waals surface area contributed by atoms with Crippen molar-refractivity contribution in [3.05, 3.63) is 18.2 Å². The first-order valence-electron chi connectivity index (χ1n) is 9.17. The largest absolute Gasteiger partial charge is 0.492 e. The lowest BCUT2D eigenvalue weighted by atomic mass is 10.0. The molecule has 0 bridgehead atoms. The van der Waals surface area contributed by atoms with Crippen LogP contribution in [0.4, 0.5) is 5.69 Å². The maximum Gasteiger partial charge on any atom is 0.246 e. The second kappa shape index (κ2) is 11.0. The normalized spacial score (nSPS) is 16.3. The first-order chi connectivity index (χ1) is 12.8. The Labute approximate surface area is 173 Å². The summed E-state index contributed by atoms with van der Waals surface area (Å²) in [4.78, 5) is 12.3. The second-order valence-corrected chi connectivity index (χ2v) is 8.74. The zero-order chi connectivity index (χ0) is 20.0. The summed E-state index contributed by atoms with van der Waals surface area (Å²) in [6.07, 6.45) is 0.543. The summed E-state index contributed by atoms with van der Waals surface area (Å²) in [5, 5.41) is 2.70. The van der Waals surface area contributed by atoms with E-state index in [0.29, 0.717) is 31.9 Å². The number of rotatable bonds is 8. The van der Waals surface area contributed by atoms with Crippen LogP contribution in [0.5, 0.6) is 5.75 Å². The maximum absolute atomic E-state index is 13.1. The van der Waals surface area contributed by atoms with Gasteiger partial charge in [-0.05, 0) is 37.5 Å². The van der Waals surface area contributed by atoms with E-state index in [9.17, 15) is 13.2 Å². The SMILES string of the molecule is CCOc1ccc(NC(=O)[C@@H](N)CC(C)C)cc1S(=O)(=O)N1CCOCC1.Cl. The van der Waals surface area contributed by atoms with Crippen LogP contribution in [0.1, 0.15) is 27.2 Å². The molecule has 1 amide bonds. The predicted molar refractivity (Wildman–Crippen MR) is 110 cm³/mol. The summed E-state index contributed by atoms with van der Waals surface area (Å²) in [6.45, 7) is 7.34. The van der Waals surface area contributed by atoms with Crippen molar-refractivity contribution in [1.29, 1.82) is 0 Å². The summed E-state index contributed by atoms with van der Waals surface area (Å²) in [7, 11) is -3.77. The van der Waals surface area contributed by atoms with Gasteiger partial charge in [-0.15, -0.1) is 12.4 Å². The van der Waals surface area contributed by atoms with Crippen LogP contribution in [0, 0.1) is 5.92 Å². The van der Waals surface area contributed by atoms with Crippen LogP contribution in [0.15, 0.2) is 23.1 Å². The number of amides is 1. The van der Waals surface area contributed by atoms with E-state index >= 15 is 0 Å². The highest BCUT2D eigenvalue weighted by atomic mass is 35.5. The summed E-state index contributed by atoms with van der Waals surface area (Å²) in [5.74, 6) is 0.194. The predicted octanol–water partition coefficient (Wildman–Crippen LogP) is 1.84. The Kier molecular flexibility index (Phi) is 9.65. The number of hydrogen-bond acceptors (Lipinski definition) is 6. The van der Waals surface area contributed by atoms with Crippen molar-refractivity contribution in [3.63, 3.8) is 0 Å². The number of ether oxygens (including phenoxy) is 2. The Morgan fingerprint density at radius 3 is 2.54 bits per heavy atom. The number of anilines is 1. The lowest BCUT2D eigenvalue weighted by Crippen LogP contribution is -2.40. The topological polar surface area (TPSA) is 111 Å². The summed E-state index contributed by atoms with van der Waals surface area (Å²) < 4.78 is 38.2. The van der Waals surface area contributed by atoms with E-state index in [-0.39, 0.29) is 48.0 Å². The van der Waals surface area contributed by atoms with Gasteiger partial charge >= 0.3 is 0 Å². The van der Waals surface area contributed by atoms with Crippen molar-refractivity contribution in [3.8, 4) is 5.75 Å². The van der Waals surface area contributed by atoms with Crippen LogP contribution in [0.25, 0.3) is 0 Å². The third-order valence-corrected chi connectivity index (χ3v) is 6.08. The summed E-state index contributed by atoms with van der Waals surface area (Å²) >= 11 is 0. The van der Waals surface area contributed by atoms with Crippen LogP contribution in [0.2, 0.25) is 0 Å². The standard InChI is InChI=1S/C18H29N3O5S.ClH/c1-4-26-16-6-5-14(20-18(22)15(19)11-13(2)3)12-17(16)27(23,24)21-7-9-25-10-8-21;/h5-6,12-13,15H,4,7-11,19H2,1-3H3,(H,20,22);1H/t15-;/m0./s1. The van der Waals surface area contributed by atoms with Crippen molar-refractivity contribution >= 4 is 34.0 Å². The summed E-state index contributed by atoms with van der Waals surface area (Å²) in [5.41, 5.74) is 6.28. The van der Waals surface area contributed by atoms with E-state index < -0.39 is 16.1 Å². The fourth-order valence-corrected chi connectivity index (χ4v) is 4.40. The number of nitrogens with zero attached hydrogens (tertiary/aromatic N) is 1. The fraction of sp³-hybridized carbons (Fsp3) is 0.611. The molecule has 8 nitrogen and oxygen atoms in total. The van der Waals surface area contributed by atoms with Crippen molar-refractivity contribution in [2.24, 2.45) is 11.7 Å². The maximum atomic E-state index is 13.1. The number of nitrogens with one attached hydrogen (secondary N) is 1. The zero-order valence-corrected chi connectivity index (χ0v) is 18.1. The second-order valence-electron chi connectivity index (χ2n) is 6.84. The number of halogens is 1. The van der Waals surface area contributed by atoms with Gasteiger partial charge in [0.25, 0.3) is 0 Å². The summed E-state index contributed by atoms with van der Waals surface area (Å²) in [6, 6.07) is 3.94. The molecule has 0 unspecified atom stereocenters. The van der Waals surface area contributed by atoms with E-state index in [2.05, 4.69) is 5.32 Å². The molecule has 2 rings (SSSR count). The number of hydrogen-bond donors (Lipinski definition) is 2. The van der Waals surface area contributed by atoms with Crippen LogP contribution in [-0.4, -0.2) is 57.6 Å². The van der Waals surface area contributed by atoms with Gasteiger partial charge in [0.1, 0.15) is 10.6 Å². The Morgan fingerprint density at radius 1 is 1.32 bits per heavy atom. The van der Waals surface area contributed by atoms with Crippen molar-refractivity contribution in [2.45, 2.75) is 38.1 Å². The van der Waals surface area contributed by atoms with E-state index in [1.807, 2.05) is 13.8 Å². The molecule has 0 aromatic heterocycles. The molecule has 1 atom stereocenters. The number of sulfonamides is 1. The van der Waals surface area contributed by atoms with Gasteiger partial charge in [-0.2, -0.15) is 4.31 Å². The average Bonchev–Trinajstić information content (AvgIpc) is 2.63. The molecule has 3 N–H and O–H groups in total. The Hall–Kier alpha value is -1.39. The molecule has 0 radical (unpaired) electrons. The Morgan fingerprint density at radius 2 is 1.96 bits per heavy atom. The van der Waals surface area contributed by atoms with Gasteiger partial charge in [-0.1, -0.05) is 13.8 Å². The minimum Gasteiger partial charge on any atom is -0.492 e. The first kappa shape index (κ1) is 24.6. The lowest BCUT2D eigenvalue weighted by molar-refractivity contribution is -0.117. The zero-order valence-electron chi connectivity index (χ0n) is 16.5. The highest BCUT2D eigenvalue weighted by Gasteiger charge is 2.30. The molecule has 1 aromatic carbocycles. The van der Waals surface area contributed by atoms with Gasteiger partial charge in [-0.25, -0.2) is 8.42 Å². The molecule has 0 aliphatic carbocycles. The van der Waals surface area contributed by atoms with Crippen molar-refractivity contribution in [2.75, 3.05) is 38.2 Å². The van der Waals surface area contributed by atoms with Gasteiger partial charge in [-0.3, -0.25) is 4.79 Å². The third kappa shape index (κ3) is 6.31. The van der Waals surface area contributed by atoms with Crippen LogP contribution < -0.4 is 15.8 Å². The molecule has 1 heterocycles. The lowest BCUT2D eigenvalue weighted by Gasteiger charge is -2.27. The van der Waals surface area contributed by atoms with Gasteiger partial charge in [0, 0.05) is 18.8 Å². The molecule has 0 spiro atoms. The number of carbonyl (C=O) groups is 1. The molecule has 1 saturated heterocycles. The van der Waals surface area contributed by atoms with Gasteiger partial charge in [0.15, 0.2) is 0 Å². The highest BCUT2D eigenvalue weighted by Crippen LogP contribution is 2.30. The molecule has 160 valence electrons. The van der Waals surface area contributed by atoms with Gasteiger partial charge in [0.2, 0.25) is 15.9 Å². The minimum atomic E-state index is -3.77. The molecule has 28 heavy (non-hydrogen) atoms. The average molecular weight is 436 g/mol. The van der Waals surface area contributed by atoms with Gasteiger partial charge < -0.3 is 20.5 Å². The monoisotopic (exact) mass is 435 g/mol. The fourth-order valence-electron chi connectivity index (χ4n) is 2.84. The van der Waals surface area contributed by atoms with Crippen molar-refractivity contribution in [1.82, 2.24) is 4.31 Å². The third-order valence-electron chi connectivity index (χ3n) is 4.16. The minimum absolute atomic E-state index is 0. The smallest absolute Gasteiger partial charge is 0.246 e. The molecule has 1 fully saturated rings. The number of carbonyl (C=O) groups excluding carboxylic acids is 1. The quantitative estimate of drug-likeness (QED) is 0.644. The Bertz CT molecular complexity index is 752.